The van der Waals surface area contributed by atoms with Crippen LogP contribution in [0.2, 0.25) is 0 Å². The van der Waals surface area contributed by atoms with Crippen LogP contribution in [0, 0.1) is 5.41 Å². The number of aryl methyl sites for hydroxylation is 1. The first-order valence-corrected chi connectivity index (χ1v) is 13.2. The van der Waals surface area contributed by atoms with E-state index >= 15 is 0 Å². The highest BCUT2D eigenvalue weighted by Gasteiger charge is 2.33. The van der Waals surface area contributed by atoms with E-state index in [9.17, 15) is 24.6 Å². The Kier molecular flexibility index (Phi) is 9.12. The van der Waals surface area contributed by atoms with Crippen LogP contribution in [0.5, 0.6) is 0 Å². The topological polar surface area (TPSA) is 119 Å². The maximum Gasteiger partial charge on any atom is 0.357 e. The van der Waals surface area contributed by atoms with E-state index in [1.54, 1.807) is 42.7 Å². The molecule has 0 aliphatic rings. The minimum Gasteiger partial charge on any atom is -0.478 e. The fraction of sp³-hybridized carbons (Fsp3) is 0.419. The van der Waals surface area contributed by atoms with E-state index in [0.717, 1.165) is 17.5 Å². The number of aromatic carboxylic acids is 1. The van der Waals surface area contributed by atoms with Gasteiger partial charge in [-0.3, -0.25) is 4.79 Å². The van der Waals surface area contributed by atoms with Crippen LogP contribution in [0.1, 0.15) is 92.3 Å². The van der Waals surface area contributed by atoms with Crippen molar-refractivity contribution in [3.05, 3.63) is 76.9 Å². The van der Waals surface area contributed by atoms with Gasteiger partial charge < -0.3 is 19.5 Å². The Labute approximate surface area is 229 Å². The molecule has 3 rings (SSSR count). The molecule has 0 atom stereocenters. The van der Waals surface area contributed by atoms with Gasteiger partial charge in [-0.1, -0.05) is 70.2 Å². The highest BCUT2D eigenvalue weighted by Crippen LogP contribution is 2.28. The number of nitrogens with zero attached hydrogens (tertiary/aromatic N) is 2. The van der Waals surface area contributed by atoms with Gasteiger partial charge in [0.1, 0.15) is 22.9 Å². The van der Waals surface area contributed by atoms with E-state index in [2.05, 4.69) is 4.98 Å². The largest absolute Gasteiger partial charge is 0.478 e. The molecule has 0 radical (unpaired) electrons. The van der Waals surface area contributed by atoms with Crippen LogP contribution in [0.3, 0.4) is 0 Å². The second kappa shape index (κ2) is 11.9. The normalized spacial score (nSPS) is 11.9. The number of carbonyl (C=O) groups is 3. The van der Waals surface area contributed by atoms with Gasteiger partial charge >= 0.3 is 11.9 Å². The number of aromatic nitrogens is 2. The standard InChI is InChI=1S/C31H38N2O6/c1-7-10-25-32-27(31(5,6)38)26(29(37)39-18-17-24(34)30(2,3)4)33(25)19-20-13-15-21(16-14-20)22-11-8-9-12-23(22)28(35)36/h8-9,11-16,38H,7,10,17-19H2,1-6H3,(H,35,36). The van der Waals surface area contributed by atoms with Crippen molar-refractivity contribution in [2.24, 2.45) is 5.41 Å². The molecule has 0 amide bonds. The maximum absolute atomic E-state index is 13.4. The van der Waals surface area contributed by atoms with Crippen LogP contribution in [-0.4, -0.2) is 44.1 Å². The first kappa shape index (κ1) is 29.8. The second-order valence-electron chi connectivity index (χ2n) is 11.2. The molecule has 0 saturated carbocycles. The molecule has 0 unspecified atom stereocenters. The van der Waals surface area contributed by atoms with Gasteiger partial charge in [0, 0.05) is 24.8 Å². The lowest BCUT2D eigenvalue weighted by Gasteiger charge is -2.19. The molecule has 3 aromatic rings. The highest BCUT2D eigenvalue weighted by atomic mass is 16.5. The minimum atomic E-state index is -1.40. The predicted molar refractivity (Wildman–Crippen MR) is 149 cm³/mol. The summed E-state index contributed by atoms with van der Waals surface area (Å²) in [6.07, 6.45) is 1.47. The summed E-state index contributed by atoms with van der Waals surface area (Å²) in [5, 5.41) is 20.4. The number of aliphatic hydroxyl groups is 1. The molecule has 1 heterocycles. The van der Waals surface area contributed by atoms with Crippen LogP contribution in [0.25, 0.3) is 11.1 Å². The van der Waals surface area contributed by atoms with Crippen molar-refractivity contribution in [2.75, 3.05) is 6.61 Å². The Balaban J connectivity index is 1.96. The Hall–Kier alpha value is -3.78. The molecule has 0 aliphatic heterocycles. The summed E-state index contributed by atoms with van der Waals surface area (Å²) in [4.78, 5) is 42.0. The third-order valence-corrected chi connectivity index (χ3v) is 6.46. The van der Waals surface area contributed by atoms with E-state index in [4.69, 9.17) is 4.74 Å². The summed E-state index contributed by atoms with van der Waals surface area (Å²) in [6.45, 7) is 10.8. The van der Waals surface area contributed by atoms with Crippen molar-refractivity contribution < 1.29 is 29.3 Å². The molecular formula is C31H38N2O6. The molecule has 1 aromatic heterocycles. The molecule has 8 nitrogen and oxygen atoms in total. The average molecular weight is 535 g/mol. The number of carboxylic acid groups (broad SMARTS) is 1. The molecule has 2 N–H and O–H groups in total. The van der Waals surface area contributed by atoms with Crippen LogP contribution < -0.4 is 0 Å². The van der Waals surface area contributed by atoms with E-state index < -0.39 is 23.0 Å². The van der Waals surface area contributed by atoms with Crippen molar-refractivity contribution in [3.63, 3.8) is 0 Å². The lowest BCUT2D eigenvalue weighted by Crippen LogP contribution is -2.25. The number of benzene rings is 2. The number of hydrogen-bond donors (Lipinski definition) is 2. The lowest BCUT2D eigenvalue weighted by molar-refractivity contribution is -0.127. The van der Waals surface area contributed by atoms with E-state index in [1.165, 1.54) is 0 Å². The molecule has 39 heavy (non-hydrogen) atoms. The number of ketones is 1. The summed E-state index contributed by atoms with van der Waals surface area (Å²) in [6, 6.07) is 14.3. The van der Waals surface area contributed by atoms with Gasteiger partial charge in [0.2, 0.25) is 0 Å². The van der Waals surface area contributed by atoms with Gasteiger partial charge in [-0.25, -0.2) is 14.6 Å². The van der Waals surface area contributed by atoms with Gasteiger partial charge in [-0.2, -0.15) is 0 Å². The summed E-state index contributed by atoms with van der Waals surface area (Å²) in [7, 11) is 0. The maximum atomic E-state index is 13.4. The van der Waals surface area contributed by atoms with Crippen molar-refractivity contribution >= 4 is 17.7 Å². The number of carboxylic acids is 1. The van der Waals surface area contributed by atoms with Crippen LogP contribution >= 0.6 is 0 Å². The van der Waals surface area contributed by atoms with Gasteiger partial charge in [0.15, 0.2) is 5.69 Å². The first-order valence-electron chi connectivity index (χ1n) is 13.2. The van der Waals surface area contributed by atoms with Gasteiger partial charge in [0.25, 0.3) is 0 Å². The minimum absolute atomic E-state index is 0.0113. The number of hydrogen-bond acceptors (Lipinski definition) is 6. The highest BCUT2D eigenvalue weighted by molar-refractivity contribution is 5.96. The summed E-state index contributed by atoms with van der Waals surface area (Å²) >= 11 is 0. The molecule has 0 spiro atoms. The zero-order chi connectivity index (χ0) is 29.0. The van der Waals surface area contributed by atoms with Crippen molar-refractivity contribution in [1.29, 1.82) is 0 Å². The average Bonchev–Trinajstić information content (AvgIpc) is 3.22. The Morgan fingerprint density at radius 1 is 0.974 bits per heavy atom. The third-order valence-electron chi connectivity index (χ3n) is 6.46. The van der Waals surface area contributed by atoms with E-state index in [0.29, 0.717) is 24.4 Å². The number of esters is 1. The molecule has 0 bridgehead atoms. The number of Topliss-reactive ketones (excluding diaryl/α,β-unsaturated/α-hetero) is 1. The zero-order valence-corrected chi connectivity index (χ0v) is 23.6. The first-order chi connectivity index (χ1) is 18.2. The van der Waals surface area contributed by atoms with Gasteiger partial charge in [-0.15, -0.1) is 0 Å². The SMILES string of the molecule is CCCc1nc(C(C)(C)O)c(C(=O)OCCC(=O)C(C)(C)C)n1Cc1ccc(-c2ccccc2C(=O)O)cc1. The van der Waals surface area contributed by atoms with Crippen molar-refractivity contribution in [1.82, 2.24) is 9.55 Å². The van der Waals surface area contributed by atoms with Crippen LogP contribution in [0.4, 0.5) is 0 Å². The quantitative estimate of drug-likeness (QED) is 0.306. The van der Waals surface area contributed by atoms with Crippen molar-refractivity contribution in [3.8, 4) is 11.1 Å². The predicted octanol–water partition coefficient (Wildman–Crippen LogP) is 5.64. The summed E-state index contributed by atoms with van der Waals surface area (Å²) in [5.41, 5.74) is 0.918. The lowest BCUT2D eigenvalue weighted by atomic mass is 9.89. The second-order valence-corrected chi connectivity index (χ2v) is 11.2. The van der Waals surface area contributed by atoms with E-state index in [1.807, 2.05) is 52.0 Å². The fourth-order valence-corrected chi connectivity index (χ4v) is 4.29. The Morgan fingerprint density at radius 3 is 2.18 bits per heavy atom. The molecule has 8 heteroatoms. The van der Waals surface area contributed by atoms with Gasteiger partial charge in [0.05, 0.1) is 12.2 Å². The third kappa shape index (κ3) is 7.20. The smallest absolute Gasteiger partial charge is 0.357 e. The number of carbonyl (C=O) groups excluding carboxylic acids is 2. The van der Waals surface area contributed by atoms with E-state index in [-0.39, 0.29) is 35.8 Å². The fourth-order valence-electron chi connectivity index (χ4n) is 4.29. The monoisotopic (exact) mass is 534 g/mol. The summed E-state index contributed by atoms with van der Waals surface area (Å²) in [5.74, 6) is -1.00. The summed E-state index contributed by atoms with van der Waals surface area (Å²) < 4.78 is 7.29. The Bertz CT molecular complexity index is 1340. The molecular weight excluding hydrogens is 496 g/mol. The zero-order valence-electron chi connectivity index (χ0n) is 23.6. The van der Waals surface area contributed by atoms with Crippen LogP contribution in [-0.2, 0) is 28.1 Å². The van der Waals surface area contributed by atoms with Crippen molar-refractivity contribution in [2.45, 2.75) is 73.0 Å². The molecule has 2 aromatic carbocycles. The Morgan fingerprint density at radius 2 is 1.62 bits per heavy atom. The van der Waals surface area contributed by atoms with Gasteiger partial charge in [-0.05, 0) is 43.0 Å². The molecule has 0 fully saturated rings. The molecule has 208 valence electrons. The molecule has 0 saturated heterocycles. The van der Waals surface area contributed by atoms with Crippen LogP contribution in [0.15, 0.2) is 48.5 Å². The molecule has 0 aliphatic carbocycles. The number of imidazole rings is 1. The number of rotatable bonds is 11. The number of ether oxygens (including phenoxy) is 1.